The summed E-state index contributed by atoms with van der Waals surface area (Å²) < 4.78 is 58.5. The molecule has 40 heavy (non-hydrogen) atoms. The van der Waals surface area contributed by atoms with Crippen molar-refractivity contribution in [2.75, 3.05) is 32.1 Å². The zero-order chi connectivity index (χ0) is 28.9. The van der Waals surface area contributed by atoms with Crippen LogP contribution in [0.1, 0.15) is 29.2 Å². The van der Waals surface area contributed by atoms with E-state index in [-0.39, 0.29) is 30.8 Å². The molecule has 1 aliphatic heterocycles. The molecule has 0 fully saturated rings. The third-order valence-electron chi connectivity index (χ3n) is 6.26. The number of ether oxygens (including phenoxy) is 1. The summed E-state index contributed by atoms with van der Waals surface area (Å²) in [6.45, 7) is -0.382. The van der Waals surface area contributed by atoms with E-state index in [1.807, 2.05) is 0 Å². The van der Waals surface area contributed by atoms with E-state index in [4.69, 9.17) is 16.3 Å². The quantitative estimate of drug-likeness (QED) is 0.317. The first kappa shape index (κ1) is 29.0. The van der Waals surface area contributed by atoms with Crippen LogP contribution in [0.3, 0.4) is 0 Å². The van der Waals surface area contributed by atoms with E-state index < -0.39 is 42.1 Å². The number of methoxy groups -OCH3 is 1. The van der Waals surface area contributed by atoms with E-state index in [9.17, 15) is 27.2 Å². The van der Waals surface area contributed by atoms with E-state index in [0.29, 0.717) is 16.3 Å². The predicted octanol–water partition coefficient (Wildman–Crippen LogP) is 6.36. The summed E-state index contributed by atoms with van der Waals surface area (Å²) in [6, 6.07) is 15.4. The van der Waals surface area contributed by atoms with Gasteiger partial charge in [0.05, 0.1) is 23.9 Å². The molecule has 0 bridgehead atoms. The molecule has 1 N–H and O–H groups in total. The number of hydrazone groups is 1. The number of carbonyl (C=O) groups excluding carboxylic acids is 2. The molecule has 0 unspecified atom stereocenters. The van der Waals surface area contributed by atoms with E-state index in [0.717, 1.165) is 34.2 Å². The number of hydrogen-bond donors (Lipinski definition) is 1. The summed E-state index contributed by atoms with van der Waals surface area (Å²) >= 11 is 6.36. The molecule has 0 aromatic heterocycles. The molecule has 1 atom stereocenters. The fourth-order valence-corrected chi connectivity index (χ4v) is 4.47. The fraction of sp³-hybridized carbons (Fsp3) is 0.250. The standard InChI is InChI=1S/C28H25ClF4N4O3/c1-40-15-14-36(27(39)34-19-12-10-18(11-13-19)28(31,32)33)17-26(38)37-25(21-7-3-5-9-23(21)30)16-24(35-37)20-6-2-4-8-22(20)29/h2-13,25H,14-17H2,1H3,(H,34,39)/t25-/m1/s1. The van der Waals surface area contributed by atoms with Gasteiger partial charge >= 0.3 is 12.2 Å². The van der Waals surface area contributed by atoms with Crippen molar-refractivity contribution >= 4 is 34.9 Å². The number of hydrogen-bond acceptors (Lipinski definition) is 4. The number of alkyl halides is 3. The molecule has 12 heteroatoms. The van der Waals surface area contributed by atoms with Gasteiger partial charge < -0.3 is 15.0 Å². The Hall–Kier alpha value is -3.96. The number of halogens is 5. The summed E-state index contributed by atoms with van der Waals surface area (Å²) in [4.78, 5) is 27.7. The van der Waals surface area contributed by atoms with Crippen LogP contribution in [0.25, 0.3) is 0 Å². The van der Waals surface area contributed by atoms with Gasteiger partial charge in [0.1, 0.15) is 12.4 Å². The van der Waals surface area contributed by atoms with Crippen LogP contribution < -0.4 is 5.32 Å². The Morgan fingerprint density at radius 2 is 1.75 bits per heavy atom. The summed E-state index contributed by atoms with van der Waals surface area (Å²) in [6.07, 6.45) is -4.33. The molecule has 0 radical (unpaired) electrons. The first-order valence-electron chi connectivity index (χ1n) is 12.2. The lowest BCUT2D eigenvalue weighted by molar-refractivity contribution is -0.137. The van der Waals surface area contributed by atoms with Gasteiger partial charge in [-0.05, 0) is 36.4 Å². The molecule has 0 aliphatic carbocycles. The average Bonchev–Trinajstić information content (AvgIpc) is 3.36. The molecule has 0 saturated heterocycles. The Bertz CT molecular complexity index is 1400. The maximum absolute atomic E-state index is 14.8. The van der Waals surface area contributed by atoms with E-state index in [2.05, 4.69) is 10.4 Å². The number of nitrogens with zero attached hydrogens (tertiary/aromatic N) is 3. The van der Waals surface area contributed by atoms with Crippen LogP contribution in [0.5, 0.6) is 0 Å². The van der Waals surface area contributed by atoms with Gasteiger partial charge in [-0.1, -0.05) is 48.0 Å². The highest BCUT2D eigenvalue weighted by Crippen LogP contribution is 2.35. The topological polar surface area (TPSA) is 74.2 Å². The second-order valence-electron chi connectivity index (χ2n) is 8.93. The van der Waals surface area contributed by atoms with Gasteiger partial charge in [0.25, 0.3) is 5.91 Å². The lowest BCUT2D eigenvalue weighted by Crippen LogP contribution is -2.44. The minimum Gasteiger partial charge on any atom is -0.383 e. The van der Waals surface area contributed by atoms with Crippen LogP contribution >= 0.6 is 11.6 Å². The number of rotatable bonds is 8. The van der Waals surface area contributed by atoms with Gasteiger partial charge in [-0.25, -0.2) is 14.2 Å². The van der Waals surface area contributed by atoms with Crippen molar-refractivity contribution in [1.82, 2.24) is 9.91 Å². The van der Waals surface area contributed by atoms with Gasteiger partial charge in [-0.3, -0.25) is 4.79 Å². The number of urea groups is 1. The van der Waals surface area contributed by atoms with Crippen LogP contribution in [0.4, 0.5) is 28.0 Å². The summed E-state index contributed by atoms with van der Waals surface area (Å²) in [5, 5.41) is 8.54. The third kappa shape index (κ3) is 6.78. The Kier molecular flexibility index (Phi) is 9.06. The molecule has 1 aliphatic rings. The highest BCUT2D eigenvalue weighted by Gasteiger charge is 2.36. The molecule has 4 rings (SSSR count). The Labute approximate surface area is 233 Å². The van der Waals surface area contributed by atoms with Crippen LogP contribution in [-0.4, -0.2) is 54.4 Å². The molecule has 3 amide bonds. The molecule has 1 heterocycles. The van der Waals surface area contributed by atoms with Crippen molar-refractivity contribution < 1.29 is 31.9 Å². The maximum Gasteiger partial charge on any atom is 0.416 e. The Morgan fingerprint density at radius 3 is 2.40 bits per heavy atom. The van der Waals surface area contributed by atoms with E-state index >= 15 is 0 Å². The molecule has 0 saturated carbocycles. The Balaban J connectivity index is 1.58. The second kappa shape index (κ2) is 12.5. The normalized spacial score (nSPS) is 15.1. The van der Waals surface area contributed by atoms with Gasteiger partial charge in [0.15, 0.2) is 0 Å². The molecule has 3 aromatic carbocycles. The molecular formula is C28H25ClF4N4O3. The number of nitrogens with one attached hydrogen (secondary N) is 1. The van der Waals surface area contributed by atoms with Crippen molar-refractivity contribution in [2.24, 2.45) is 5.10 Å². The van der Waals surface area contributed by atoms with Gasteiger partial charge in [-0.15, -0.1) is 0 Å². The zero-order valence-corrected chi connectivity index (χ0v) is 22.0. The first-order valence-corrected chi connectivity index (χ1v) is 12.6. The van der Waals surface area contributed by atoms with Crippen molar-refractivity contribution in [3.63, 3.8) is 0 Å². The van der Waals surface area contributed by atoms with Gasteiger partial charge in [0.2, 0.25) is 0 Å². The molecular weight excluding hydrogens is 552 g/mol. The number of carbonyl (C=O) groups is 2. The van der Waals surface area contributed by atoms with Crippen LogP contribution in [0, 0.1) is 5.82 Å². The van der Waals surface area contributed by atoms with Crippen LogP contribution in [0.15, 0.2) is 77.9 Å². The Morgan fingerprint density at radius 1 is 1.07 bits per heavy atom. The molecule has 210 valence electrons. The van der Waals surface area contributed by atoms with Crippen molar-refractivity contribution in [3.05, 3.63) is 100 Å². The smallest absolute Gasteiger partial charge is 0.383 e. The SMILES string of the molecule is COCCN(CC(=O)N1N=C(c2ccccc2Cl)C[C@@H]1c1ccccc1F)C(=O)Nc1ccc(C(F)(F)F)cc1. The molecule has 0 spiro atoms. The van der Waals surface area contributed by atoms with Crippen LogP contribution in [0.2, 0.25) is 5.02 Å². The van der Waals surface area contributed by atoms with Gasteiger partial charge in [-0.2, -0.15) is 18.3 Å². The highest BCUT2D eigenvalue weighted by molar-refractivity contribution is 6.34. The summed E-state index contributed by atoms with van der Waals surface area (Å²) in [5.41, 5.74) is 0.566. The molecule has 3 aromatic rings. The average molecular weight is 577 g/mol. The number of amides is 3. The van der Waals surface area contributed by atoms with Gasteiger partial charge in [0, 0.05) is 41.9 Å². The summed E-state index contributed by atoms with van der Waals surface area (Å²) in [7, 11) is 1.42. The number of anilines is 1. The van der Waals surface area contributed by atoms with E-state index in [1.165, 1.54) is 19.2 Å². The minimum absolute atomic E-state index is 0.00595. The van der Waals surface area contributed by atoms with E-state index in [1.54, 1.807) is 36.4 Å². The largest absolute Gasteiger partial charge is 0.416 e. The lowest BCUT2D eigenvalue weighted by atomic mass is 9.98. The third-order valence-corrected chi connectivity index (χ3v) is 6.59. The monoisotopic (exact) mass is 576 g/mol. The highest BCUT2D eigenvalue weighted by atomic mass is 35.5. The zero-order valence-electron chi connectivity index (χ0n) is 21.3. The maximum atomic E-state index is 14.8. The fourth-order valence-electron chi connectivity index (χ4n) is 4.22. The predicted molar refractivity (Wildman–Crippen MR) is 143 cm³/mol. The first-order chi connectivity index (χ1) is 19.1. The van der Waals surface area contributed by atoms with Crippen molar-refractivity contribution in [1.29, 1.82) is 0 Å². The van der Waals surface area contributed by atoms with Crippen molar-refractivity contribution in [3.8, 4) is 0 Å². The second-order valence-corrected chi connectivity index (χ2v) is 9.33. The lowest BCUT2D eigenvalue weighted by Gasteiger charge is -2.27. The minimum atomic E-state index is -4.52. The molecule has 7 nitrogen and oxygen atoms in total. The van der Waals surface area contributed by atoms with Crippen LogP contribution in [-0.2, 0) is 15.7 Å². The number of benzene rings is 3. The van der Waals surface area contributed by atoms with Crippen molar-refractivity contribution in [2.45, 2.75) is 18.6 Å². The summed E-state index contributed by atoms with van der Waals surface area (Å²) in [5.74, 6) is -1.12.